The number of halogens is 1. The predicted octanol–water partition coefficient (Wildman–Crippen LogP) is 2.09. The van der Waals surface area contributed by atoms with Crippen LogP contribution in [0, 0.1) is 0 Å². The van der Waals surface area contributed by atoms with Crippen molar-refractivity contribution in [2.24, 2.45) is 7.05 Å². The van der Waals surface area contributed by atoms with E-state index in [1.807, 2.05) is 12.4 Å². The molecule has 1 aromatic heterocycles. The van der Waals surface area contributed by atoms with Crippen LogP contribution in [-0.4, -0.2) is 9.55 Å². The smallest absolute Gasteiger partial charge is 0.114 e. The summed E-state index contributed by atoms with van der Waals surface area (Å²) in [5, 5.41) is 0. The highest BCUT2D eigenvalue weighted by Gasteiger charge is 2.42. The first-order chi connectivity index (χ1) is 4.72. The van der Waals surface area contributed by atoms with Crippen LogP contribution in [0.15, 0.2) is 12.4 Å². The van der Waals surface area contributed by atoms with Crippen molar-refractivity contribution < 1.29 is 0 Å². The number of hydrogen-bond acceptors (Lipinski definition) is 1. The van der Waals surface area contributed by atoms with Gasteiger partial charge in [0.15, 0.2) is 0 Å². The molecule has 3 heteroatoms. The fourth-order valence-electron chi connectivity index (χ4n) is 1.36. The van der Waals surface area contributed by atoms with Crippen molar-refractivity contribution >= 4 is 24.0 Å². The lowest BCUT2D eigenvalue weighted by Crippen LogP contribution is -2.07. The molecule has 0 N–H and O–H groups in total. The minimum atomic E-state index is 0. The van der Waals surface area contributed by atoms with Gasteiger partial charge in [0.05, 0.1) is 0 Å². The molecule has 0 amide bonds. The summed E-state index contributed by atoms with van der Waals surface area (Å²) in [5.41, 5.74) is 0.415. The zero-order valence-corrected chi connectivity index (χ0v) is 9.20. The summed E-state index contributed by atoms with van der Waals surface area (Å²) < 4.78 is 2.12. The van der Waals surface area contributed by atoms with Crippen molar-refractivity contribution in [2.45, 2.75) is 25.2 Å². The third-order valence-electron chi connectivity index (χ3n) is 2.36. The van der Waals surface area contributed by atoms with Crippen LogP contribution in [0.4, 0.5) is 0 Å². The Bertz CT molecular complexity index is 250. The van der Waals surface area contributed by atoms with Crippen LogP contribution in [0.5, 0.6) is 0 Å². The van der Waals surface area contributed by atoms with Gasteiger partial charge in [-0.3, -0.25) is 0 Å². The minimum absolute atomic E-state index is 0. The molecule has 2 rings (SSSR count). The van der Waals surface area contributed by atoms with E-state index in [0.717, 1.165) is 0 Å². The van der Waals surface area contributed by atoms with Crippen LogP contribution in [0.25, 0.3) is 0 Å². The lowest BCUT2D eigenvalue weighted by Gasteiger charge is -2.06. The molecule has 0 aromatic carbocycles. The summed E-state index contributed by atoms with van der Waals surface area (Å²) in [7, 11) is 2.06. The summed E-state index contributed by atoms with van der Waals surface area (Å²) in [6.45, 7) is 2.27. The molecule has 0 aliphatic heterocycles. The SMILES string of the molecule is Cn1ccnc1C1(C)CC1.I. The second-order valence-corrected chi connectivity index (χ2v) is 3.42. The van der Waals surface area contributed by atoms with Gasteiger partial charge >= 0.3 is 0 Å². The van der Waals surface area contributed by atoms with Gasteiger partial charge in [-0.15, -0.1) is 24.0 Å². The largest absolute Gasteiger partial charge is 0.338 e. The number of rotatable bonds is 1. The predicted molar refractivity (Wildman–Crippen MR) is 55.2 cm³/mol. The van der Waals surface area contributed by atoms with Gasteiger partial charge in [-0.1, -0.05) is 6.92 Å². The number of imidazole rings is 1. The number of aryl methyl sites for hydroxylation is 1. The topological polar surface area (TPSA) is 17.8 Å². The first-order valence-corrected chi connectivity index (χ1v) is 3.70. The number of nitrogens with zero attached hydrogens (tertiary/aromatic N) is 2. The summed E-state index contributed by atoms with van der Waals surface area (Å²) in [6.07, 6.45) is 6.49. The van der Waals surface area contributed by atoms with E-state index in [-0.39, 0.29) is 24.0 Å². The molecule has 1 saturated carbocycles. The lowest BCUT2D eigenvalue weighted by molar-refractivity contribution is 0.660. The highest BCUT2D eigenvalue weighted by molar-refractivity contribution is 14.0. The maximum Gasteiger partial charge on any atom is 0.114 e. The zero-order valence-electron chi connectivity index (χ0n) is 6.87. The van der Waals surface area contributed by atoms with Gasteiger partial charge in [-0.25, -0.2) is 4.98 Å². The van der Waals surface area contributed by atoms with E-state index in [1.165, 1.54) is 18.7 Å². The summed E-state index contributed by atoms with van der Waals surface area (Å²) in [6, 6.07) is 0. The molecule has 0 radical (unpaired) electrons. The average molecular weight is 264 g/mol. The molecule has 0 unspecified atom stereocenters. The van der Waals surface area contributed by atoms with Crippen LogP contribution in [-0.2, 0) is 12.5 Å². The molecule has 2 nitrogen and oxygen atoms in total. The highest BCUT2D eigenvalue weighted by atomic mass is 127. The Hall–Kier alpha value is -0.0600. The third kappa shape index (κ3) is 1.43. The highest BCUT2D eigenvalue weighted by Crippen LogP contribution is 2.46. The molecule has 0 atom stereocenters. The van der Waals surface area contributed by atoms with Gasteiger partial charge in [0, 0.05) is 24.9 Å². The van der Waals surface area contributed by atoms with E-state index in [1.54, 1.807) is 0 Å². The van der Waals surface area contributed by atoms with E-state index in [0.29, 0.717) is 5.41 Å². The Morgan fingerprint density at radius 2 is 2.18 bits per heavy atom. The molecule has 1 aliphatic carbocycles. The van der Waals surface area contributed by atoms with Crippen molar-refractivity contribution in [3.63, 3.8) is 0 Å². The molecule has 0 bridgehead atoms. The average Bonchev–Trinajstić information content (AvgIpc) is 2.44. The maximum absolute atomic E-state index is 4.31. The Balaban J connectivity index is 0.000000605. The first-order valence-electron chi connectivity index (χ1n) is 3.70. The second kappa shape index (κ2) is 2.77. The van der Waals surface area contributed by atoms with Gasteiger partial charge in [0.1, 0.15) is 5.82 Å². The van der Waals surface area contributed by atoms with Gasteiger partial charge in [-0.05, 0) is 12.8 Å². The molecule has 1 fully saturated rings. The van der Waals surface area contributed by atoms with E-state index in [2.05, 4.69) is 23.5 Å². The molecule has 1 aliphatic rings. The number of hydrogen-bond donors (Lipinski definition) is 0. The molecule has 62 valence electrons. The Labute approximate surface area is 84.0 Å². The summed E-state index contributed by atoms with van der Waals surface area (Å²) in [5.74, 6) is 1.24. The van der Waals surface area contributed by atoms with Crippen molar-refractivity contribution in [3.05, 3.63) is 18.2 Å². The van der Waals surface area contributed by atoms with Crippen molar-refractivity contribution in [1.82, 2.24) is 9.55 Å². The summed E-state index contributed by atoms with van der Waals surface area (Å²) >= 11 is 0. The van der Waals surface area contributed by atoms with Crippen LogP contribution < -0.4 is 0 Å². The summed E-state index contributed by atoms with van der Waals surface area (Å²) in [4.78, 5) is 4.31. The fourth-order valence-corrected chi connectivity index (χ4v) is 1.36. The second-order valence-electron chi connectivity index (χ2n) is 3.42. The molecule has 0 saturated heterocycles. The Morgan fingerprint density at radius 1 is 1.55 bits per heavy atom. The Morgan fingerprint density at radius 3 is 2.55 bits per heavy atom. The van der Waals surface area contributed by atoms with E-state index in [4.69, 9.17) is 0 Å². The molecule has 11 heavy (non-hydrogen) atoms. The van der Waals surface area contributed by atoms with Crippen molar-refractivity contribution in [3.8, 4) is 0 Å². The van der Waals surface area contributed by atoms with E-state index in [9.17, 15) is 0 Å². The maximum atomic E-state index is 4.31. The standard InChI is InChI=1S/C8H12N2.HI/c1-8(3-4-8)7-9-5-6-10(7)2;/h5-6H,3-4H2,1-2H3;1H. The fraction of sp³-hybridized carbons (Fsp3) is 0.625. The van der Waals surface area contributed by atoms with Gasteiger partial charge in [-0.2, -0.15) is 0 Å². The van der Waals surface area contributed by atoms with Gasteiger partial charge < -0.3 is 4.57 Å². The van der Waals surface area contributed by atoms with Crippen LogP contribution in [0.1, 0.15) is 25.6 Å². The molecular formula is C8H13IN2. The third-order valence-corrected chi connectivity index (χ3v) is 2.36. The minimum Gasteiger partial charge on any atom is -0.338 e. The first kappa shape index (κ1) is 9.03. The molecule has 1 aromatic rings. The van der Waals surface area contributed by atoms with E-state index >= 15 is 0 Å². The number of aromatic nitrogens is 2. The van der Waals surface area contributed by atoms with Crippen molar-refractivity contribution in [1.29, 1.82) is 0 Å². The zero-order chi connectivity index (χ0) is 7.19. The monoisotopic (exact) mass is 264 g/mol. The molecular weight excluding hydrogens is 251 g/mol. The quantitative estimate of drug-likeness (QED) is 0.710. The molecule has 0 spiro atoms. The van der Waals surface area contributed by atoms with Crippen LogP contribution >= 0.6 is 24.0 Å². The Kier molecular flexibility index (Phi) is 2.27. The molecule has 1 heterocycles. The van der Waals surface area contributed by atoms with Gasteiger partial charge in [0.25, 0.3) is 0 Å². The normalized spacial score (nSPS) is 19.1. The van der Waals surface area contributed by atoms with E-state index < -0.39 is 0 Å². The van der Waals surface area contributed by atoms with Crippen LogP contribution in [0.2, 0.25) is 0 Å². The van der Waals surface area contributed by atoms with Gasteiger partial charge in [0.2, 0.25) is 0 Å². The lowest BCUT2D eigenvalue weighted by atomic mass is 10.1. The van der Waals surface area contributed by atoms with Crippen LogP contribution in [0.3, 0.4) is 0 Å². The van der Waals surface area contributed by atoms with Crippen molar-refractivity contribution in [2.75, 3.05) is 0 Å².